The summed E-state index contributed by atoms with van der Waals surface area (Å²) in [6.07, 6.45) is 0. The molecule has 2 aromatic heterocycles. The minimum atomic E-state index is -0.531. The first kappa shape index (κ1) is 16.7. The number of aromatic nitrogens is 1. The van der Waals surface area contributed by atoms with Gasteiger partial charge < -0.3 is 15.1 Å². The molecule has 0 bridgehead atoms. The molecule has 0 aliphatic carbocycles. The predicted molar refractivity (Wildman–Crippen MR) is 97.5 cm³/mol. The van der Waals surface area contributed by atoms with Crippen LogP contribution in [-0.2, 0) is 4.79 Å². The summed E-state index contributed by atoms with van der Waals surface area (Å²) in [5.74, 6) is 0.0448. The number of anilines is 1. The monoisotopic (exact) mass is 337 g/mol. The van der Waals surface area contributed by atoms with E-state index < -0.39 is 17.6 Å². The quantitative estimate of drug-likeness (QED) is 0.790. The van der Waals surface area contributed by atoms with Crippen molar-refractivity contribution in [1.82, 2.24) is 4.98 Å². The van der Waals surface area contributed by atoms with Crippen LogP contribution in [0.15, 0.2) is 51.7 Å². The SMILES string of the molecule is Cc1ccccc1-c1cc(=O)oc2nc(N(C)C(C)C(N)=O)ccc12. The fourth-order valence-corrected chi connectivity index (χ4v) is 2.72. The van der Waals surface area contributed by atoms with Gasteiger partial charge in [0.25, 0.3) is 0 Å². The first-order valence-corrected chi connectivity index (χ1v) is 7.91. The Labute approximate surface area is 144 Å². The lowest BCUT2D eigenvalue weighted by molar-refractivity contribution is -0.118. The molecule has 2 N–H and O–H groups in total. The molecule has 25 heavy (non-hydrogen) atoms. The number of nitrogens with two attached hydrogens (primary N) is 1. The Balaban J connectivity index is 2.18. The van der Waals surface area contributed by atoms with E-state index in [-0.39, 0.29) is 5.71 Å². The van der Waals surface area contributed by atoms with Gasteiger partial charge in [-0.1, -0.05) is 24.3 Å². The Morgan fingerprint density at radius 3 is 2.60 bits per heavy atom. The van der Waals surface area contributed by atoms with Crippen molar-refractivity contribution >= 4 is 22.8 Å². The molecule has 0 saturated heterocycles. The molecule has 3 aromatic rings. The van der Waals surface area contributed by atoms with Crippen molar-refractivity contribution in [3.63, 3.8) is 0 Å². The van der Waals surface area contributed by atoms with Crippen LogP contribution >= 0.6 is 0 Å². The average Bonchev–Trinajstić information content (AvgIpc) is 2.59. The summed E-state index contributed by atoms with van der Waals surface area (Å²) >= 11 is 0. The fourth-order valence-electron chi connectivity index (χ4n) is 2.72. The number of hydrogen-bond acceptors (Lipinski definition) is 5. The maximum Gasteiger partial charge on any atom is 0.338 e. The van der Waals surface area contributed by atoms with Crippen molar-refractivity contribution in [2.45, 2.75) is 19.9 Å². The second kappa shape index (κ2) is 6.39. The molecule has 1 unspecified atom stereocenters. The van der Waals surface area contributed by atoms with Gasteiger partial charge >= 0.3 is 5.63 Å². The van der Waals surface area contributed by atoms with E-state index in [4.69, 9.17) is 10.2 Å². The molecule has 1 atom stereocenters. The number of benzene rings is 1. The molecule has 1 amide bonds. The second-order valence-electron chi connectivity index (χ2n) is 6.01. The van der Waals surface area contributed by atoms with Crippen molar-refractivity contribution < 1.29 is 9.21 Å². The number of pyridine rings is 1. The van der Waals surface area contributed by atoms with Crippen LogP contribution in [-0.4, -0.2) is 24.0 Å². The van der Waals surface area contributed by atoms with E-state index in [1.165, 1.54) is 6.07 Å². The van der Waals surface area contributed by atoms with Crippen molar-refractivity contribution in [1.29, 1.82) is 0 Å². The van der Waals surface area contributed by atoms with E-state index in [0.29, 0.717) is 5.82 Å². The van der Waals surface area contributed by atoms with E-state index in [1.54, 1.807) is 24.9 Å². The van der Waals surface area contributed by atoms with Gasteiger partial charge in [-0.05, 0) is 37.1 Å². The highest BCUT2D eigenvalue weighted by atomic mass is 16.4. The zero-order chi connectivity index (χ0) is 18.1. The largest absolute Gasteiger partial charge is 0.404 e. The van der Waals surface area contributed by atoms with Crippen LogP contribution in [0.3, 0.4) is 0 Å². The van der Waals surface area contributed by atoms with Gasteiger partial charge in [0.15, 0.2) is 0 Å². The number of aryl methyl sites for hydroxylation is 1. The van der Waals surface area contributed by atoms with Crippen LogP contribution in [0.2, 0.25) is 0 Å². The van der Waals surface area contributed by atoms with Crippen LogP contribution in [0, 0.1) is 6.92 Å². The first-order chi connectivity index (χ1) is 11.9. The lowest BCUT2D eigenvalue weighted by Gasteiger charge is -2.23. The Bertz CT molecular complexity index is 1010. The smallest absolute Gasteiger partial charge is 0.338 e. The van der Waals surface area contributed by atoms with Crippen LogP contribution in [0.5, 0.6) is 0 Å². The summed E-state index contributed by atoms with van der Waals surface area (Å²) in [6, 6.07) is 12.4. The summed E-state index contributed by atoms with van der Waals surface area (Å²) < 4.78 is 5.29. The summed E-state index contributed by atoms with van der Waals surface area (Å²) in [5.41, 5.74) is 7.88. The third-order valence-corrected chi connectivity index (χ3v) is 4.38. The molecule has 1 aromatic carbocycles. The topological polar surface area (TPSA) is 89.4 Å². The van der Waals surface area contributed by atoms with Gasteiger partial charge in [0.2, 0.25) is 11.6 Å². The second-order valence-corrected chi connectivity index (χ2v) is 6.01. The van der Waals surface area contributed by atoms with E-state index in [2.05, 4.69) is 4.98 Å². The Morgan fingerprint density at radius 2 is 1.92 bits per heavy atom. The highest BCUT2D eigenvalue weighted by Crippen LogP contribution is 2.30. The number of likely N-dealkylation sites (N-methyl/N-ethyl adjacent to an activating group) is 1. The van der Waals surface area contributed by atoms with Crippen molar-refractivity contribution in [2.24, 2.45) is 5.73 Å². The van der Waals surface area contributed by atoms with Gasteiger partial charge in [-0.15, -0.1) is 0 Å². The van der Waals surface area contributed by atoms with Crippen LogP contribution in [0.4, 0.5) is 5.82 Å². The van der Waals surface area contributed by atoms with Crippen molar-refractivity contribution in [3.05, 3.63) is 58.4 Å². The van der Waals surface area contributed by atoms with E-state index in [0.717, 1.165) is 22.1 Å². The first-order valence-electron chi connectivity index (χ1n) is 7.91. The van der Waals surface area contributed by atoms with E-state index in [9.17, 15) is 9.59 Å². The number of hydrogen-bond donors (Lipinski definition) is 1. The maximum atomic E-state index is 12.0. The number of primary amides is 1. The molecule has 0 spiro atoms. The summed E-state index contributed by atoms with van der Waals surface area (Å²) in [7, 11) is 1.72. The Kier molecular flexibility index (Phi) is 4.27. The lowest BCUT2D eigenvalue weighted by Crippen LogP contribution is -2.40. The van der Waals surface area contributed by atoms with Gasteiger partial charge in [-0.3, -0.25) is 4.79 Å². The molecule has 3 rings (SSSR count). The number of nitrogens with zero attached hydrogens (tertiary/aromatic N) is 2. The number of carbonyl (C=O) groups is 1. The van der Waals surface area contributed by atoms with Crippen molar-refractivity contribution in [3.8, 4) is 11.1 Å². The summed E-state index contributed by atoms with van der Waals surface area (Å²) in [6.45, 7) is 3.67. The third kappa shape index (κ3) is 3.10. The van der Waals surface area contributed by atoms with Gasteiger partial charge in [0.05, 0.1) is 0 Å². The lowest BCUT2D eigenvalue weighted by atomic mass is 9.99. The molecule has 6 nitrogen and oxygen atoms in total. The predicted octanol–water partition coefficient (Wildman–Crippen LogP) is 2.47. The maximum absolute atomic E-state index is 12.0. The normalized spacial score (nSPS) is 12.1. The van der Waals surface area contributed by atoms with Crippen LogP contribution in [0.25, 0.3) is 22.2 Å². The molecule has 0 aliphatic heterocycles. The Morgan fingerprint density at radius 1 is 1.20 bits per heavy atom. The third-order valence-electron chi connectivity index (χ3n) is 4.38. The van der Waals surface area contributed by atoms with E-state index in [1.807, 2.05) is 37.3 Å². The fraction of sp³-hybridized carbons (Fsp3) is 0.211. The standard InChI is InChI=1S/C19H19N3O3/c1-11-6-4-5-7-13(11)15-10-17(23)25-19-14(15)8-9-16(21-19)22(3)12(2)18(20)24/h4-10,12H,1-3H3,(H2,20,24). The van der Waals surface area contributed by atoms with Gasteiger partial charge in [0.1, 0.15) is 11.9 Å². The average molecular weight is 337 g/mol. The van der Waals surface area contributed by atoms with Gasteiger partial charge in [-0.2, -0.15) is 4.98 Å². The zero-order valence-corrected chi connectivity index (χ0v) is 14.3. The number of amides is 1. The Hall–Kier alpha value is -3.15. The number of carbonyl (C=O) groups excluding carboxylic acids is 1. The minimum absolute atomic E-state index is 0.228. The molecule has 0 saturated carbocycles. The molecule has 2 heterocycles. The van der Waals surface area contributed by atoms with Crippen LogP contribution in [0.1, 0.15) is 12.5 Å². The zero-order valence-electron chi connectivity index (χ0n) is 14.3. The number of rotatable bonds is 4. The molecule has 0 fully saturated rings. The minimum Gasteiger partial charge on any atom is -0.404 e. The summed E-state index contributed by atoms with van der Waals surface area (Å²) in [4.78, 5) is 29.5. The van der Waals surface area contributed by atoms with E-state index >= 15 is 0 Å². The molecule has 0 radical (unpaired) electrons. The van der Waals surface area contributed by atoms with Gasteiger partial charge in [0, 0.05) is 24.1 Å². The highest BCUT2D eigenvalue weighted by Gasteiger charge is 2.18. The molecule has 0 aliphatic rings. The van der Waals surface area contributed by atoms with Crippen LogP contribution < -0.4 is 16.3 Å². The molecular formula is C19H19N3O3. The molecule has 128 valence electrons. The summed E-state index contributed by atoms with van der Waals surface area (Å²) in [5, 5.41) is 0.734. The number of fused-ring (bicyclic) bond motifs is 1. The molecular weight excluding hydrogens is 318 g/mol. The van der Waals surface area contributed by atoms with Gasteiger partial charge in [-0.25, -0.2) is 4.79 Å². The molecule has 6 heteroatoms. The van der Waals surface area contributed by atoms with Crippen molar-refractivity contribution in [2.75, 3.05) is 11.9 Å². The highest BCUT2D eigenvalue weighted by molar-refractivity contribution is 5.93.